The van der Waals surface area contributed by atoms with E-state index in [-0.39, 0.29) is 0 Å². The molecule has 0 spiro atoms. The van der Waals surface area contributed by atoms with Crippen LogP contribution in [0.5, 0.6) is 0 Å². The van der Waals surface area contributed by atoms with Gasteiger partial charge in [0.2, 0.25) is 0 Å². The summed E-state index contributed by atoms with van der Waals surface area (Å²) in [7, 11) is 0. The number of H-pyrrole nitrogens is 1. The molecule has 3 heteroatoms. The molecule has 1 aliphatic rings. The fraction of sp³-hybridized carbons (Fsp3) is 0.174. The number of anilines is 1. The molecule has 0 saturated heterocycles. The summed E-state index contributed by atoms with van der Waals surface area (Å²) in [6.07, 6.45) is 4.09. The summed E-state index contributed by atoms with van der Waals surface area (Å²) in [5.74, 6) is 0. The number of fused-ring (bicyclic) bond motifs is 4. The van der Waals surface area contributed by atoms with Crippen molar-refractivity contribution in [2.45, 2.75) is 19.8 Å². The number of hydrogen-bond donors (Lipinski definition) is 1. The second-order valence-corrected chi connectivity index (χ2v) is 6.83. The first-order valence-corrected chi connectivity index (χ1v) is 9.27. The predicted octanol–water partition coefficient (Wildman–Crippen LogP) is 5.28. The fourth-order valence-electron chi connectivity index (χ4n) is 4.01. The molecule has 3 nitrogen and oxygen atoms in total. The van der Waals surface area contributed by atoms with Gasteiger partial charge in [-0.15, -0.1) is 0 Å². The van der Waals surface area contributed by atoms with E-state index in [1.165, 1.54) is 44.2 Å². The van der Waals surface area contributed by atoms with Crippen molar-refractivity contribution >= 4 is 33.7 Å². The maximum absolute atomic E-state index is 4.82. The third-order valence-corrected chi connectivity index (χ3v) is 5.36. The molecule has 1 aromatic heterocycles. The van der Waals surface area contributed by atoms with Crippen LogP contribution in [-0.4, -0.2) is 17.7 Å². The van der Waals surface area contributed by atoms with Gasteiger partial charge < -0.3 is 4.98 Å². The fourth-order valence-corrected chi connectivity index (χ4v) is 4.01. The van der Waals surface area contributed by atoms with Gasteiger partial charge in [0.15, 0.2) is 0 Å². The molecule has 0 atom stereocenters. The number of rotatable bonds is 3. The van der Waals surface area contributed by atoms with Crippen LogP contribution in [0.25, 0.3) is 21.8 Å². The van der Waals surface area contributed by atoms with Gasteiger partial charge in [0.1, 0.15) is 0 Å². The number of hydrogen-bond acceptors (Lipinski definition) is 2. The Bertz CT molecular complexity index is 1140. The Kier molecular flexibility index (Phi) is 3.52. The summed E-state index contributed by atoms with van der Waals surface area (Å²) in [6, 6.07) is 21.5. The number of nitrogens with one attached hydrogen (secondary N) is 1. The Balaban J connectivity index is 1.64. The van der Waals surface area contributed by atoms with Crippen molar-refractivity contribution in [3.05, 3.63) is 77.4 Å². The molecule has 0 unspecified atom stereocenters. The zero-order valence-electron chi connectivity index (χ0n) is 14.9. The zero-order chi connectivity index (χ0) is 17.5. The highest BCUT2D eigenvalue weighted by atomic mass is 15.5. The van der Waals surface area contributed by atoms with Crippen molar-refractivity contribution in [3.8, 4) is 0 Å². The van der Waals surface area contributed by atoms with E-state index >= 15 is 0 Å². The van der Waals surface area contributed by atoms with Gasteiger partial charge in [-0.3, -0.25) is 5.01 Å². The molecule has 0 saturated carbocycles. The third-order valence-electron chi connectivity index (χ3n) is 5.36. The average Bonchev–Trinajstić information content (AvgIpc) is 3.28. The van der Waals surface area contributed by atoms with E-state index in [4.69, 9.17) is 5.10 Å². The van der Waals surface area contributed by atoms with Crippen LogP contribution in [0, 0.1) is 0 Å². The zero-order valence-corrected chi connectivity index (χ0v) is 14.9. The molecule has 26 heavy (non-hydrogen) atoms. The second-order valence-electron chi connectivity index (χ2n) is 6.83. The summed E-state index contributed by atoms with van der Waals surface area (Å²) in [5.41, 5.74) is 7.54. The Morgan fingerprint density at radius 2 is 1.88 bits per heavy atom. The van der Waals surface area contributed by atoms with Crippen LogP contribution < -0.4 is 5.01 Å². The Labute approximate surface area is 153 Å². The normalized spacial score (nSPS) is 14.0. The highest BCUT2D eigenvalue weighted by Crippen LogP contribution is 2.31. The molecule has 0 aliphatic carbocycles. The van der Waals surface area contributed by atoms with Crippen molar-refractivity contribution in [1.82, 2.24) is 4.98 Å². The highest BCUT2D eigenvalue weighted by molar-refractivity contribution is 6.15. The quantitative estimate of drug-likeness (QED) is 0.506. The Morgan fingerprint density at radius 1 is 1.04 bits per heavy atom. The van der Waals surface area contributed by atoms with Gasteiger partial charge in [0, 0.05) is 28.4 Å². The lowest BCUT2D eigenvalue weighted by atomic mass is 10.0. The van der Waals surface area contributed by atoms with Crippen molar-refractivity contribution in [2.24, 2.45) is 5.10 Å². The van der Waals surface area contributed by atoms with Crippen LogP contribution in [0.3, 0.4) is 0 Å². The van der Waals surface area contributed by atoms with E-state index in [1.807, 2.05) is 6.21 Å². The highest BCUT2D eigenvalue weighted by Gasteiger charge is 2.17. The van der Waals surface area contributed by atoms with Crippen LogP contribution >= 0.6 is 0 Å². The van der Waals surface area contributed by atoms with Crippen LogP contribution in [0.1, 0.15) is 23.6 Å². The van der Waals surface area contributed by atoms with Crippen molar-refractivity contribution in [2.75, 3.05) is 11.6 Å². The molecule has 2 heterocycles. The monoisotopic (exact) mass is 339 g/mol. The molecular formula is C23H21N3. The lowest BCUT2D eigenvalue weighted by molar-refractivity contribution is 0.896. The molecule has 1 N–H and O–H groups in total. The number of hydrazone groups is 1. The van der Waals surface area contributed by atoms with Crippen LogP contribution in [0.2, 0.25) is 0 Å². The van der Waals surface area contributed by atoms with E-state index in [0.717, 1.165) is 19.4 Å². The minimum atomic E-state index is 0.944. The first-order valence-electron chi connectivity index (χ1n) is 9.27. The number of nitrogens with zero attached hydrogens (tertiary/aromatic N) is 2. The van der Waals surface area contributed by atoms with Crippen molar-refractivity contribution < 1.29 is 0 Å². The molecule has 0 amide bonds. The summed E-state index contributed by atoms with van der Waals surface area (Å²) >= 11 is 0. The van der Waals surface area contributed by atoms with Gasteiger partial charge in [-0.25, -0.2) is 0 Å². The van der Waals surface area contributed by atoms with E-state index in [0.29, 0.717) is 0 Å². The standard InChI is InChI=1S/C23H21N3/c1-2-16-11-12-18(22-19-8-4-5-9-20(19)25-23(16)22)15-24-26-14-13-17-7-3-6-10-21(17)26/h3-12,15,25H,2,13-14H2,1H3. The molecule has 0 bridgehead atoms. The van der Waals surface area contributed by atoms with Crippen molar-refractivity contribution in [1.29, 1.82) is 0 Å². The van der Waals surface area contributed by atoms with Crippen LogP contribution in [0.15, 0.2) is 65.8 Å². The Hall–Kier alpha value is -3.07. The maximum Gasteiger partial charge on any atom is 0.0626 e. The van der Waals surface area contributed by atoms with Crippen LogP contribution in [-0.2, 0) is 12.8 Å². The lowest BCUT2D eigenvalue weighted by Gasteiger charge is -2.12. The topological polar surface area (TPSA) is 31.4 Å². The van der Waals surface area contributed by atoms with E-state index in [2.05, 4.69) is 77.6 Å². The van der Waals surface area contributed by atoms with Crippen LogP contribution in [0.4, 0.5) is 5.69 Å². The summed E-state index contributed by atoms with van der Waals surface area (Å²) in [5, 5.41) is 9.48. The van der Waals surface area contributed by atoms with Gasteiger partial charge in [-0.2, -0.15) is 5.10 Å². The SMILES string of the molecule is CCc1ccc(C=NN2CCc3ccccc32)c2c1[nH]c1ccccc12. The molecule has 0 radical (unpaired) electrons. The molecular weight excluding hydrogens is 318 g/mol. The molecule has 5 rings (SSSR count). The molecule has 0 fully saturated rings. The van der Waals surface area contributed by atoms with Gasteiger partial charge in [-0.1, -0.05) is 55.5 Å². The predicted molar refractivity (Wildman–Crippen MR) is 110 cm³/mol. The number of para-hydroxylation sites is 2. The first kappa shape index (κ1) is 15.2. The first-order chi connectivity index (χ1) is 12.8. The average molecular weight is 339 g/mol. The van der Waals surface area contributed by atoms with Gasteiger partial charge >= 0.3 is 0 Å². The summed E-state index contributed by atoms with van der Waals surface area (Å²) in [6.45, 7) is 3.15. The molecule has 1 aliphatic heterocycles. The largest absolute Gasteiger partial charge is 0.354 e. The van der Waals surface area contributed by atoms with E-state index < -0.39 is 0 Å². The maximum atomic E-state index is 4.82. The number of aryl methyl sites for hydroxylation is 1. The van der Waals surface area contributed by atoms with E-state index in [9.17, 15) is 0 Å². The number of aromatic nitrogens is 1. The molecule has 4 aromatic rings. The van der Waals surface area contributed by atoms with Gasteiger partial charge in [0.25, 0.3) is 0 Å². The lowest BCUT2D eigenvalue weighted by Crippen LogP contribution is -2.12. The second kappa shape index (κ2) is 6.03. The van der Waals surface area contributed by atoms with Gasteiger partial charge in [0.05, 0.1) is 17.4 Å². The number of aromatic amines is 1. The smallest absolute Gasteiger partial charge is 0.0626 e. The summed E-state index contributed by atoms with van der Waals surface area (Å²) < 4.78 is 0. The third kappa shape index (κ3) is 2.31. The minimum Gasteiger partial charge on any atom is -0.354 e. The Morgan fingerprint density at radius 3 is 2.81 bits per heavy atom. The van der Waals surface area contributed by atoms with E-state index in [1.54, 1.807) is 0 Å². The van der Waals surface area contributed by atoms with Gasteiger partial charge in [-0.05, 0) is 36.1 Å². The number of benzene rings is 3. The summed E-state index contributed by atoms with van der Waals surface area (Å²) in [4.78, 5) is 3.61. The molecule has 3 aromatic carbocycles. The molecule has 128 valence electrons. The van der Waals surface area contributed by atoms with Crippen molar-refractivity contribution in [3.63, 3.8) is 0 Å². The minimum absolute atomic E-state index is 0.944.